The van der Waals surface area contributed by atoms with Gasteiger partial charge >= 0.3 is 0 Å². The Morgan fingerprint density at radius 3 is 2.70 bits per heavy atom. The fourth-order valence-corrected chi connectivity index (χ4v) is 3.08. The van der Waals surface area contributed by atoms with Gasteiger partial charge in [-0.25, -0.2) is 0 Å². The number of nitrogens with two attached hydrogens (primary N) is 1. The number of aliphatic hydroxyl groups is 1. The Hall–Kier alpha value is -0.900. The minimum absolute atomic E-state index is 0.193. The summed E-state index contributed by atoms with van der Waals surface area (Å²) in [7, 11) is 0. The molecule has 1 aliphatic rings. The SMILES string of the molecule is CC1CCCN(CC(O)C(N)Cc2ccccc2)C1C. The van der Waals surface area contributed by atoms with E-state index in [1.54, 1.807) is 0 Å². The minimum atomic E-state index is -0.456. The lowest BCUT2D eigenvalue weighted by atomic mass is 9.91. The van der Waals surface area contributed by atoms with Crippen molar-refractivity contribution >= 4 is 0 Å². The first kappa shape index (κ1) is 15.5. The van der Waals surface area contributed by atoms with Gasteiger partial charge in [0.25, 0.3) is 0 Å². The maximum Gasteiger partial charge on any atom is 0.0821 e. The van der Waals surface area contributed by atoms with E-state index in [4.69, 9.17) is 5.73 Å². The molecule has 2 rings (SSSR count). The van der Waals surface area contributed by atoms with Crippen molar-refractivity contribution in [3.05, 3.63) is 35.9 Å². The molecule has 0 spiro atoms. The number of rotatable bonds is 5. The second-order valence-electron chi connectivity index (χ2n) is 6.28. The van der Waals surface area contributed by atoms with Crippen LogP contribution in [0.25, 0.3) is 0 Å². The maximum absolute atomic E-state index is 10.4. The predicted octanol–water partition coefficient (Wildman–Crippen LogP) is 2.04. The molecule has 3 heteroatoms. The van der Waals surface area contributed by atoms with E-state index in [2.05, 4.69) is 30.9 Å². The first-order valence-electron chi connectivity index (χ1n) is 7.79. The standard InChI is InChI=1S/C17H28N2O/c1-13-7-6-10-19(14(13)2)12-17(20)16(18)11-15-8-4-3-5-9-15/h3-5,8-9,13-14,16-17,20H,6-7,10-12,18H2,1-2H3. The highest BCUT2D eigenvalue weighted by atomic mass is 16.3. The first-order valence-corrected chi connectivity index (χ1v) is 7.79. The molecule has 4 atom stereocenters. The molecule has 0 saturated carbocycles. The van der Waals surface area contributed by atoms with Crippen molar-refractivity contribution in [2.24, 2.45) is 11.7 Å². The van der Waals surface area contributed by atoms with E-state index in [0.717, 1.165) is 13.0 Å². The minimum Gasteiger partial charge on any atom is -0.390 e. The molecule has 0 radical (unpaired) electrons. The normalized spacial score (nSPS) is 27.2. The van der Waals surface area contributed by atoms with Crippen LogP contribution in [0.3, 0.4) is 0 Å². The largest absolute Gasteiger partial charge is 0.390 e. The van der Waals surface area contributed by atoms with Gasteiger partial charge < -0.3 is 10.8 Å². The average molecular weight is 276 g/mol. The van der Waals surface area contributed by atoms with E-state index in [-0.39, 0.29) is 6.04 Å². The summed E-state index contributed by atoms with van der Waals surface area (Å²) >= 11 is 0. The fourth-order valence-electron chi connectivity index (χ4n) is 3.08. The van der Waals surface area contributed by atoms with Gasteiger partial charge in [0.05, 0.1) is 6.10 Å². The highest BCUT2D eigenvalue weighted by Crippen LogP contribution is 2.23. The van der Waals surface area contributed by atoms with Crippen LogP contribution in [-0.2, 0) is 6.42 Å². The summed E-state index contributed by atoms with van der Waals surface area (Å²) in [5.41, 5.74) is 7.36. The van der Waals surface area contributed by atoms with Crippen LogP contribution in [0.4, 0.5) is 0 Å². The molecule has 4 unspecified atom stereocenters. The van der Waals surface area contributed by atoms with Crippen LogP contribution in [0.2, 0.25) is 0 Å². The Morgan fingerprint density at radius 1 is 1.30 bits per heavy atom. The van der Waals surface area contributed by atoms with E-state index >= 15 is 0 Å². The Morgan fingerprint density at radius 2 is 2.00 bits per heavy atom. The number of hydrogen-bond acceptors (Lipinski definition) is 3. The number of nitrogens with zero attached hydrogens (tertiary/aromatic N) is 1. The number of benzene rings is 1. The van der Waals surface area contributed by atoms with Gasteiger partial charge in [-0.1, -0.05) is 37.3 Å². The topological polar surface area (TPSA) is 49.5 Å². The summed E-state index contributed by atoms with van der Waals surface area (Å²) in [6.07, 6.45) is 2.80. The third kappa shape index (κ3) is 4.05. The van der Waals surface area contributed by atoms with E-state index in [1.807, 2.05) is 18.2 Å². The van der Waals surface area contributed by atoms with E-state index < -0.39 is 6.10 Å². The Balaban J connectivity index is 1.86. The van der Waals surface area contributed by atoms with Gasteiger partial charge in [0, 0.05) is 18.6 Å². The van der Waals surface area contributed by atoms with Crippen LogP contribution in [0.15, 0.2) is 30.3 Å². The summed E-state index contributed by atoms with van der Waals surface area (Å²) in [5.74, 6) is 0.710. The molecule has 20 heavy (non-hydrogen) atoms. The number of likely N-dealkylation sites (tertiary alicyclic amines) is 1. The van der Waals surface area contributed by atoms with Crippen LogP contribution in [0.5, 0.6) is 0 Å². The monoisotopic (exact) mass is 276 g/mol. The van der Waals surface area contributed by atoms with Crippen LogP contribution in [0, 0.1) is 5.92 Å². The highest BCUT2D eigenvalue weighted by Gasteiger charge is 2.27. The lowest BCUT2D eigenvalue weighted by molar-refractivity contribution is 0.0403. The second kappa shape index (κ2) is 7.21. The second-order valence-corrected chi connectivity index (χ2v) is 6.28. The summed E-state index contributed by atoms with van der Waals surface area (Å²) in [6.45, 7) is 6.34. The van der Waals surface area contributed by atoms with Crippen molar-refractivity contribution in [3.8, 4) is 0 Å². The molecule has 3 N–H and O–H groups in total. The summed E-state index contributed by atoms with van der Waals surface area (Å²) < 4.78 is 0. The zero-order valence-corrected chi connectivity index (χ0v) is 12.7. The van der Waals surface area contributed by atoms with E-state index in [1.165, 1.54) is 18.4 Å². The molecule has 1 heterocycles. The Bertz CT molecular complexity index is 395. The lowest BCUT2D eigenvalue weighted by Gasteiger charge is -2.39. The predicted molar refractivity (Wildman–Crippen MR) is 83.6 cm³/mol. The number of hydrogen-bond donors (Lipinski definition) is 2. The Kier molecular flexibility index (Phi) is 5.58. The third-order valence-electron chi connectivity index (χ3n) is 4.73. The number of β-amino-alcohol motifs (C(OH)–C–C–N with tert-alkyl or cyclic N) is 1. The lowest BCUT2D eigenvalue weighted by Crippen LogP contribution is -2.50. The average Bonchev–Trinajstić information content (AvgIpc) is 2.45. The molecule has 0 aliphatic carbocycles. The smallest absolute Gasteiger partial charge is 0.0821 e. The molecule has 0 bridgehead atoms. The van der Waals surface area contributed by atoms with E-state index in [0.29, 0.717) is 18.5 Å². The molecular weight excluding hydrogens is 248 g/mol. The Labute approximate surface area is 122 Å². The summed E-state index contributed by atoms with van der Waals surface area (Å²) in [4.78, 5) is 2.39. The molecular formula is C17H28N2O. The maximum atomic E-state index is 10.4. The molecule has 1 aromatic carbocycles. The van der Waals surface area contributed by atoms with Crippen molar-refractivity contribution in [1.29, 1.82) is 0 Å². The molecule has 112 valence electrons. The van der Waals surface area contributed by atoms with Crippen LogP contribution >= 0.6 is 0 Å². The van der Waals surface area contributed by atoms with Crippen LogP contribution in [0.1, 0.15) is 32.3 Å². The van der Waals surface area contributed by atoms with Crippen molar-refractivity contribution in [2.45, 2.75) is 51.3 Å². The van der Waals surface area contributed by atoms with E-state index in [9.17, 15) is 5.11 Å². The zero-order chi connectivity index (χ0) is 14.5. The van der Waals surface area contributed by atoms with Gasteiger partial charge in [-0.15, -0.1) is 0 Å². The third-order valence-corrected chi connectivity index (χ3v) is 4.73. The molecule has 0 amide bonds. The van der Waals surface area contributed by atoms with Gasteiger partial charge in [0.1, 0.15) is 0 Å². The summed E-state index contributed by atoms with van der Waals surface area (Å²) in [5, 5.41) is 10.4. The van der Waals surface area contributed by atoms with Gasteiger partial charge in [0.2, 0.25) is 0 Å². The van der Waals surface area contributed by atoms with Gasteiger partial charge in [-0.05, 0) is 44.2 Å². The molecule has 1 fully saturated rings. The van der Waals surface area contributed by atoms with Crippen molar-refractivity contribution in [2.75, 3.05) is 13.1 Å². The molecule has 1 saturated heterocycles. The van der Waals surface area contributed by atoms with Gasteiger partial charge in [-0.3, -0.25) is 4.90 Å². The quantitative estimate of drug-likeness (QED) is 0.865. The zero-order valence-electron chi connectivity index (χ0n) is 12.7. The van der Waals surface area contributed by atoms with Crippen molar-refractivity contribution < 1.29 is 5.11 Å². The molecule has 0 aromatic heterocycles. The molecule has 1 aliphatic heterocycles. The number of piperidine rings is 1. The van der Waals surface area contributed by atoms with Gasteiger partial charge in [0.15, 0.2) is 0 Å². The van der Waals surface area contributed by atoms with Crippen LogP contribution < -0.4 is 5.73 Å². The van der Waals surface area contributed by atoms with Crippen molar-refractivity contribution in [1.82, 2.24) is 4.90 Å². The molecule has 3 nitrogen and oxygen atoms in total. The number of aliphatic hydroxyl groups excluding tert-OH is 1. The summed E-state index contributed by atoms with van der Waals surface area (Å²) in [6, 6.07) is 10.5. The van der Waals surface area contributed by atoms with Gasteiger partial charge in [-0.2, -0.15) is 0 Å². The fraction of sp³-hybridized carbons (Fsp3) is 0.647. The van der Waals surface area contributed by atoms with Crippen molar-refractivity contribution in [3.63, 3.8) is 0 Å². The first-order chi connectivity index (χ1) is 9.58. The highest BCUT2D eigenvalue weighted by molar-refractivity contribution is 5.16. The van der Waals surface area contributed by atoms with Crippen LogP contribution in [-0.4, -0.2) is 41.3 Å². The molecule has 1 aromatic rings.